The molecule has 0 bridgehead atoms. The number of anilines is 2. The minimum atomic E-state index is 0.867. The third-order valence-corrected chi connectivity index (χ3v) is 4.46. The molecule has 1 aliphatic heterocycles. The van der Waals surface area contributed by atoms with E-state index < -0.39 is 0 Å². The van der Waals surface area contributed by atoms with Crippen LogP contribution in [0.4, 0.5) is 11.5 Å². The number of pyridine rings is 3. The summed E-state index contributed by atoms with van der Waals surface area (Å²) in [6, 6.07) is 12.4. The summed E-state index contributed by atoms with van der Waals surface area (Å²) in [5.41, 5.74) is 5.04. The van der Waals surface area contributed by atoms with Crippen molar-refractivity contribution in [2.45, 2.75) is 19.3 Å². The zero-order chi connectivity index (χ0) is 16.9. The minimum absolute atomic E-state index is 0.867. The first kappa shape index (κ1) is 15.5. The lowest BCUT2D eigenvalue weighted by Crippen LogP contribution is -2.25. The molecule has 1 aliphatic rings. The van der Waals surface area contributed by atoms with E-state index in [1.165, 1.54) is 16.7 Å². The molecule has 0 atom stereocenters. The lowest BCUT2D eigenvalue weighted by atomic mass is 9.99. The molecule has 124 valence electrons. The van der Waals surface area contributed by atoms with E-state index in [0.717, 1.165) is 37.3 Å². The highest BCUT2D eigenvalue weighted by molar-refractivity contribution is 5.76. The van der Waals surface area contributed by atoms with E-state index in [0.29, 0.717) is 0 Å². The standard InChI is InChI=1S/C21H20N4/c1(4-17-8-12-22-13-9-17)5-18-14-19-6-2-11-24-21(19)25(16-18)20-7-3-10-23-15-20/h2-3,6-15H,1,4-5,16H2. The zero-order valence-corrected chi connectivity index (χ0v) is 14.0. The van der Waals surface area contributed by atoms with Crippen molar-refractivity contribution >= 4 is 17.6 Å². The van der Waals surface area contributed by atoms with E-state index in [1.807, 2.05) is 36.9 Å². The van der Waals surface area contributed by atoms with Gasteiger partial charge in [-0.3, -0.25) is 9.97 Å². The van der Waals surface area contributed by atoms with Crippen molar-refractivity contribution in [3.63, 3.8) is 0 Å². The van der Waals surface area contributed by atoms with Crippen LogP contribution in [0.1, 0.15) is 24.0 Å². The summed E-state index contributed by atoms with van der Waals surface area (Å²) in [5.74, 6) is 1.01. The molecule has 4 heterocycles. The van der Waals surface area contributed by atoms with Crippen LogP contribution in [-0.4, -0.2) is 21.5 Å². The molecule has 0 fully saturated rings. The van der Waals surface area contributed by atoms with Crippen LogP contribution in [0.2, 0.25) is 0 Å². The van der Waals surface area contributed by atoms with Crippen molar-refractivity contribution in [3.8, 4) is 0 Å². The number of fused-ring (bicyclic) bond motifs is 1. The van der Waals surface area contributed by atoms with E-state index >= 15 is 0 Å². The first-order valence-corrected chi connectivity index (χ1v) is 8.61. The Morgan fingerprint density at radius 2 is 1.76 bits per heavy atom. The quantitative estimate of drug-likeness (QED) is 0.695. The maximum absolute atomic E-state index is 4.59. The Labute approximate surface area is 147 Å². The van der Waals surface area contributed by atoms with Crippen LogP contribution in [0, 0.1) is 0 Å². The summed E-state index contributed by atoms with van der Waals surface area (Å²) in [7, 11) is 0. The van der Waals surface area contributed by atoms with Crippen molar-refractivity contribution in [3.05, 3.63) is 84.1 Å². The molecule has 4 heteroatoms. The fourth-order valence-electron chi connectivity index (χ4n) is 3.24. The fraction of sp³-hybridized carbons (Fsp3) is 0.190. The topological polar surface area (TPSA) is 41.9 Å². The Morgan fingerprint density at radius 3 is 2.60 bits per heavy atom. The number of aromatic nitrogens is 3. The van der Waals surface area contributed by atoms with E-state index in [9.17, 15) is 0 Å². The lowest BCUT2D eigenvalue weighted by Gasteiger charge is -2.30. The second-order valence-electron chi connectivity index (χ2n) is 6.23. The molecule has 0 amide bonds. The van der Waals surface area contributed by atoms with Gasteiger partial charge < -0.3 is 4.90 Å². The summed E-state index contributed by atoms with van der Waals surface area (Å²) in [6.07, 6.45) is 14.9. The molecule has 0 saturated heterocycles. The van der Waals surface area contributed by atoms with E-state index in [4.69, 9.17) is 0 Å². The highest BCUT2D eigenvalue weighted by Gasteiger charge is 2.20. The molecule has 4 rings (SSSR count). The van der Waals surface area contributed by atoms with Crippen LogP contribution < -0.4 is 4.90 Å². The summed E-state index contributed by atoms with van der Waals surface area (Å²) >= 11 is 0. The molecule has 0 N–H and O–H groups in total. The maximum atomic E-state index is 4.59. The van der Waals surface area contributed by atoms with Crippen molar-refractivity contribution in [2.24, 2.45) is 0 Å². The minimum Gasteiger partial charge on any atom is -0.320 e. The molecule has 0 radical (unpaired) electrons. The molecule has 4 nitrogen and oxygen atoms in total. The second-order valence-corrected chi connectivity index (χ2v) is 6.23. The normalized spacial score (nSPS) is 13.3. The molecular weight excluding hydrogens is 308 g/mol. The first-order valence-electron chi connectivity index (χ1n) is 8.61. The molecule has 0 aliphatic carbocycles. The maximum Gasteiger partial charge on any atom is 0.140 e. The largest absolute Gasteiger partial charge is 0.320 e. The molecule has 3 aromatic heterocycles. The average molecular weight is 328 g/mol. The Balaban J connectivity index is 1.52. The first-order chi connectivity index (χ1) is 12.4. The Morgan fingerprint density at radius 1 is 0.880 bits per heavy atom. The zero-order valence-electron chi connectivity index (χ0n) is 14.0. The predicted molar refractivity (Wildman–Crippen MR) is 101 cm³/mol. The molecule has 0 aromatic carbocycles. The molecule has 25 heavy (non-hydrogen) atoms. The van der Waals surface area contributed by atoms with Gasteiger partial charge in [0.05, 0.1) is 11.9 Å². The second kappa shape index (κ2) is 7.26. The number of hydrogen-bond donors (Lipinski definition) is 0. The van der Waals surface area contributed by atoms with Crippen LogP contribution in [0.5, 0.6) is 0 Å². The van der Waals surface area contributed by atoms with Crippen molar-refractivity contribution in [1.29, 1.82) is 0 Å². The molecule has 0 spiro atoms. The monoisotopic (exact) mass is 328 g/mol. The van der Waals surface area contributed by atoms with Crippen LogP contribution in [0.15, 0.2) is 73.0 Å². The van der Waals surface area contributed by atoms with E-state index in [2.05, 4.69) is 50.2 Å². The van der Waals surface area contributed by atoms with Gasteiger partial charge in [-0.15, -0.1) is 0 Å². The number of aryl methyl sites for hydroxylation is 1. The van der Waals surface area contributed by atoms with Gasteiger partial charge in [0.2, 0.25) is 0 Å². The van der Waals surface area contributed by atoms with Gasteiger partial charge >= 0.3 is 0 Å². The van der Waals surface area contributed by atoms with Crippen LogP contribution in [-0.2, 0) is 6.42 Å². The van der Waals surface area contributed by atoms with Crippen molar-refractivity contribution in [1.82, 2.24) is 15.0 Å². The average Bonchev–Trinajstić information content (AvgIpc) is 2.69. The van der Waals surface area contributed by atoms with Gasteiger partial charge in [-0.2, -0.15) is 0 Å². The number of hydrogen-bond acceptors (Lipinski definition) is 4. The number of rotatable bonds is 5. The third kappa shape index (κ3) is 3.58. The van der Waals surface area contributed by atoms with Gasteiger partial charge in [-0.1, -0.05) is 6.08 Å². The summed E-state index contributed by atoms with van der Waals surface area (Å²) in [4.78, 5) is 15.2. The van der Waals surface area contributed by atoms with E-state index in [-0.39, 0.29) is 0 Å². The fourth-order valence-corrected chi connectivity index (χ4v) is 3.24. The molecule has 0 saturated carbocycles. The highest BCUT2D eigenvalue weighted by atomic mass is 15.2. The SMILES string of the molecule is C1=C(CCCc2ccncc2)CN(c2cccnc2)c2ncccc21. The third-order valence-electron chi connectivity index (χ3n) is 4.46. The Bertz CT molecular complexity index is 859. The van der Waals surface area contributed by atoms with E-state index in [1.54, 1.807) is 6.20 Å². The summed E-state index contributed by atoms with van der Waals surface area (Å²) in [6.45, 7) is 0.867. The Kier molecular flexibility index (Phi) is 4.51. The molecule has 3 aromatic rings. The van der Waals surface area contributed by atoms with Crippen LogP contribution >= 0.6 is 0 Å². The van der Waals surface area contributed by atoms with Crippen LogP contribution in [0.3, 0.4) is 0 Å². The van der Waals surface area contributed by atoms with Crippen molar-refractivity contribution < 1.29 is 0 Å². The Hall–Kier alpha value is -3.01. The summed E-state index contributed by atoms with van der Waals surface area (Å²) < 4.78 is 0. The van der Waals surface area contributed by atoms with Gasteiger partial charge in [0.25, 0.3) is 0 Å². The van der Waals surface area contributed by atoms with Gasteiger partial charge in [-0.25, -0.2) is 4.98 Å². The molecule has 0 unspecified atom stereocenters. The van der Waals surface area contributed by atoms with Crippen LogP contribution in [0.25, 0.3) is 6.08 Å². The van der Waals surface area contributed by atoms with Crippen molar-refractivity contribution in [2.75, 3.05) is 11.4 Å². The number of nitrogens with zero attached hydrogens (tertiary/aromatic N) is 4. The lowest BCUT2D eigenvalue weighted by molar-refractivity contribution is 0.787. The predicted octanol–water partition coefficient (Wildman–Crippen LogP) is 4.43. The summed E-state index contributed by atoms with van der Waals surface area (Å²) in [5, 5.41) is 0. The van der Waals surface area contributed by atoms with Gasteiger partial charge in [0.1, 0.15) is 5.82 Å². The van der Waals surface area contributed by atoms with Gasteiger partial charge in [0, 0.05) is 36.9 Å². The molecular formula is C21H20N4. The highest BCUT2D eigenvalue weighted by Crippen LogP contribution is 2.33. The van der Waals surface area contributed by atoms with Gasteiger partial charge in [-0.05, 0) is 66.8 Å². The van der Waals surface area contributed by atoms with Gasteiger partial charge in [0.15, 0.2) is 0 Å². The smallest absolute Gasteiger partial charge is 0.140 e.